The van der Waals surface area contributed by atoms with Gasteiger partial charge in [0.15, 0.2) is 13.1 Å². The van der Waals surface area contributed by atoms with E-state index in [-0.39, 0.29) is 46.9 Å². The third kappa shape index (κ3) is 85.7. The minimum atomic E-state index is -1.16. The third-order valence-electron chi connectivity index (χ3n) is 19.6. The summed E-state index contributed by atoms with van der Waals surface area (Å²) in [6.45, 7) is 9.71. The van der Waals surface area contributed by atoms with E-state index in [1.165, 1.54) is 405 Å². The fourth-order valence-corrected chi connectivity index (χ4v) is 23.2. The van der Waals surface area contributed by atoms with E-state index in [1.807, 2.05) is 0 Å². The van der Waals surface area contributed by atoms with Crippen LogP contribution in [0.4, 0.5) is 0 Å². The zero-order valence-electron chi connectivity index (χ0n) is 67.8. The van der Waals surface area contributed by atoms with Crippen LogP contribution < -0.4 is 0 Å². The molecule has 0 aromatic carbocycles. The number of carbonyl (C=O) groups excluding carboxylic acids is 4. The summed E-state index contributed by atoms with van der Waals surface area (Å²) >= 11 is 5.85. The van der Waals surface area contributed by atoms with Gasteiger partial charge in [-0.1, -0.05) is 471 Å². The first-order valence-corrected chi connectivity index (χ1v) is 53.2. The molecule has 0 radical (unpaired) electrons. The largest absolute Gasteiger partial charge is 0.465 e. The van der Waals surface area contributed by atoms with Gasteiger partial charge in [0, 0.05) is 0 Å². The third-order valence-corrected chi connectivity index (χ3v) is 31.9. The van der Waals surface area contributed by atoms with Crippen LogP contribution in [-0.4, -0.2) is 86.5 Å². The maximum absolute atomic E-state index is 13.0. The van der Waals surface area contributed by atoms with E-state index in [0.29, 0.717) is 39.6 Å². The molecular formula is C86H168O10P2S4. The molecule has 0 aromatic heterocycles. The quantitative estimate of drug-likeness (QED) is 0.0248. The van der Waals surface area contributed by atoms with Gasteiger partial charge in [0.2, 0.25) is 0 Å². The molecule has 0 aliphatic carbocycles. The second kappa shape index (κ2) is 89.9. The lowest BCUT2D eigenvalue weighted by Crippen LogP contribution is -2.09. The number of ether oxygens (including phenoxy) is 4. The molecule has 0 unspecified atom stereocenters. The normalized spacial score (nSPS) is 11.6. The summed E-state index contributed by atoms with van der Waals surface area (Å²) in [6, 6.07) is 0. The van der Waals surface area contributed by atoms with Crippen molar-refractivity contribution in [2.24, 2.45) is 0 Å². The lowest BCUT2D eigenvalue weighted by molar-refractivity contribution is -0.141. The molecular weight excluding hydrogens is 1380 g/mol. The Morgan fingerprint density at radius 2 is 0.294 bits per heavy atom. The Hall–Kier alpha value is 0.0600. The van der Waals surface area contributed by atoms with Crippen LogP contribution in [-0.2, 0) is 47.2 Å². The van der Waals surface area contributed by atoms with Crippen LogP contribution >= 0.6 is 58.6 Å². The zero-order valence-corrected chi connectivity index (χ0v) is 72.8. The number of unbranched alkanes of at least 4 members (excludes halogenated alkanes) is 63. The van der Waals surface area contributed by atoms with E-state index in [9.17, 15) is 19.2 Å². The Bertz CT molecular complexity index is 1470. The molecule has 0 heterocycles. The molecule has 0 aliphatic heterocycles. The summed E-state index contributed by atoms with van der Waals surface area (Å²) in [4.78, 5) is 51.8. The second-order valence-electron chi connectivity index (χ2n) is 29.7. The van der Waals surface area contributed by atoms with Gasteiger partial charge in [-0.2, -0.15) is 0 Å². The van der Waals surface area contributed by atoms with E-state index in [1.54, 1.807) is 0 Å². The van der Waals surface area contributed by atoms with Gasteiger partial charge in [-0.25, -0.2) is 0 Å². The Morgan fingerprint density at radius 3 is 0.431 bits per heavy atom. The van der Waals surface area contributed by atoms with Gasteiger partial charge < -0.3 is 28.0 Å². The average Bonchev–Trinajstić information content (AvgIpc) is 1.36. The highest BCUT2D eigenvalue weighted by atomic mass is 33.1. The topological polar surface area (TPSA) is 124 Å². The van der Waals surface area contributed by atoms with Crippen molar-refractivity contribution in [2.45, 2.75) is 464 Å². The van der Waals surface area contributed by atoms with E-state index >= 15 is 0 Å². The highest BCUT2D eigenvalue weighted by Crippen LogP contribution is 2.62. The summed E-state index contributed by atoms with van der Waals surface area (Å²) in [7, 11) is 0. The number of hydrogen-bond acceptors (Lipinski definition) is 14. The summed E-state index contributed by atoms with van der Waals surface area (Å²) in [5, 5.41) is 0. The van der Waals surface area contributed by atoms with Crippen LogP contribution in [0.1, 0.15) is 464 Å². The summed E-state index contributed by atoms with van der Waals surface area (Å²) < 4.78 is 35.5. The predicted octanol–water partition coefficient (Wildman–Crippen LogP) is 31.2. The van der Waals surface area contributed by atoms with Gasteiger partial charge in [-0.15, -0.1) is 0 Å². The Labute approximate surface area is 652 Å². The van der Waals surface area contributed by atoms with Crippen LogP contribution in [0.3, 0.4) is 0 Å². The first kappa shape index (κ1) is 102. The van der Waals surface area contributed by atoms with E-state index in [0.717, 1.165) is 77.0 Å². The van der Waals surface area contributed by atoms with Crippen molar-refractivity contribution >= 4 is 82.5 Å². The molecule has 0 N–H and O–H groups in total. The maximum Gasteiger partial charge on any atom is 0.316 e. The van der Waals surface area contributed by atoms with E-state index < -0.39 is 13.1 Å². The Kier molecular flexibility index (Phi) is 90.0. The smallest absolute Gasteiger partial charge is 0.316 e. The van der Waals surface area contributed by atoms with Crippen molar-refractivity contribution in [3.63, 3.8) is 0 Å². The van der Waals surface area contributed by atoms with Crippen molar-refractivity contribution in [2.75, 3.05) is 62.7 Å². The molecule has 0 bridgehead atoms. The highest BCUT2D eigenvalue weighted by Gasteiger charge is 2.20. The molecule has 0 fully saturated rings. The molecule has 0 aliphatic rings. The van der Waals surface area contributed by atoms with Gasteiger partial charge in [0.1, 0.15) is 0 Å². The Balaban J connectivity index is 4.98. The molecule has 0 aromatic rings. The lowest BCUT2D eigenvalue weighted by atomic mass is 10.0. The first-order chi connectivity index (χ1) is 50.4. The minimum absolute atomic E-state index is 0.205. The molecule has 0 saturated heterocycles. The van der Waals surface area contributed by atoms with E-state index in [4.69, 9.17) is 28.0 Å². The van der Waals surface area contributed by atoms with Gasteiger partial charge >= 0.3 is 23.9 Å². The van der Waals surface area contributed by atoms with Gasteiger partial charge in [0.05, 0.1) is 62.7 Å². The predicted molar refractivity (Wildman–Crippen MR) is 456 cm³/mol. The van der Waals surface area contributed by atoms with Gasteiger partial charge in [-0.05, 0) is 38.5 Å². The Morgan fingerprint density at radius 1 is 0.176 bits per heavy atom. The second-order valence-corrected chi connectivity index (χ2v) is 41.8. The number of rotatable bonds is 89. The summed E-state index contributed by atoms with van der Waals surface area (Å²) in [6.07, 6.45) is 87.3. The number of esters is 4. The molecule has 0 rings (SSSR count). The fourth-order valence-electron chi connectivity index (χ4n) is 13.0. The first-order valence-electron chi connectivity index (χ1n) is 44.4. The van der Waals surface area contributed by atoms with Crippen molar-refractivity contribution in [1.82, 2.24) is 0 Å². The molecule has 16 heteroatoms. The molecule has 606 valence electrons. The van der Waals surface area contributed by atoms with Crippen molar-refractivity contribution < 1.29 is 47.2 Å². The van der Waals surface area contributed by atoms with Crippen molar-refractivity contribution in [3.8, 4) is 0 Å². The van der Waals surface area contributed by atoms with Crippen LogP contribution in [0.15, 0.2) is 0 Å². The molecule has 0 amide bonds. The van der Waals surface area contributed by atoms with Crippen molar-refractivity contribution in [1.29, 1.82) is 0 Å². The van der Waals surface area contributed by atoms with Crippen LogP contribution in [0, 0.1) is 0 Å². The molecule has 10 nitrogen and oxygen atoms in total. The minimum Gasteiger partial charge on any atom is -0.465 e. The standard InChI is InChI=1S/C86H168O10P2S4/c1-5-9-13-17-21-25-29-33-37-41-45-49-53-57-61-67-73-91-83(87)79-99-97(100-80-84(88)92-74-68-62-58-54-50-46-42-38-34-30-26-22-18-14-10-6-2)95-77-71-65-66-72-78-96-98(101-81-85(89)93-75-69-63-59-55-51-47-43-39-35-31-27-23-19-15-11-7-3)102-82-86(90)94-76-70-64-60-56-52-48-44-40-36-32-28-24-20-16-12-8-4/h5-82H2,1-4H3. The van der Waals surface area contributed by atoms with Crippen LogP contribution in [0.25, 0.3) is 0 Å². The van der Waals surface area contributed by atoms with Gasteiger partial charge in [0.25, 0.3) is 0 Å². The molecule has 102 heavy (non-hydrogen) atoms. The molecule has 0 saturated carbocycles. The summed E-state index contributed by atoms with van der Waals surface area (Å²) in [5.74, 6) is -0.0502. The van der Waals surface area contributed by atoms with Crippen LogP contribution in [0.5, 0.6) is 0 Å². The fraction of sp³-hybridized carbons (Fsp3) is 0.953. The molecule has 0 spiro atoms. The zero-order chi connectivity index (χ0) is 73.7. The maximum atomic E-state index is 13.0. The van der Waals surface area contributed by atoms with E-state index in [2.05, 4.69) is 27.7 Å². The number of hydrogen-bond donors (Lipinski definition) is 0. The average molecular weight is 1550 g/mol. The number of carbonyl (C=O) groups is 4. The monoisotopic (exact) mass is 1550 g/mol. The summed E-state index contributed by atoms with van der Waals surface area (Å²) in [5.41, 5.74) is 0. The van der Waals surface area contributed by atoms with Crippen LogP contribution in [0.2, 0.25) is 0 Å². The van der Waals surface area contributed by atoms with Crippen molar-refractivity contribution in [3.05, 3.63) is 0 Å². The lowest BCUT2D eigenvalue weighted by Gasteiger charge is -2.16. The highest BCUT2D eigenvalue weighted by molar-refractivity contribution is 8.87. The van der Waals surface area contributed by atoms with Gasteiger partial charge in [-0.3, -0.25) is 19.2 Å². The SMILES string of the molecule is CCCCCCCCCCCCCCCCCCOC(=O)CSP(OCCCCCCOP(SCC(=O)OCCCCCCCCCCCCCCCCCC)SCC(=O)OCCCCCCCCCCCCCCCCCC)SCC(=O)OCCCCCCCCCCCCCCCCCC. The molecule has 0 atom stereocenters.